The first kappa shape index (κ1) is 18.1. The van der Waals surface area contributed by atoms with Crippen molar-refractivity contribution in [3.8, 4) is 10.7 Å². The monoisotopic (exact) mass is 443 g/mol. The molecule has 3 aromatic carbocycles. The SMILES string of the molecule is O=S(=O)(c1ccccc1)c1nnc2nc3ccccc3n2c1-c1nc2ccccc2s1. The van der Waals surface area contributed by atoms with E-state index in [2.05, 4.69) is 15.2 Å². The van der Waals surface area contributed by atoms with E-state index in [1.54, 1.807) is 34.7 Å². The fraction of sp³-hybridized carbons (Fsp3) is 0. The van der Waals surface area contributed by atoms with Crippen molar-refractivity contribution in [1.29, 1.82) is 0 Å². The number of fused-ring (bicyclic) bond motifs is 4. The van der Waals surface area contributed by atoms with E-state index < -0.39 is 9.84 Å². The lowest BCUT2D eigenvalue weighted by Crippen LogP contribution is -2.11. The lowest BCUT2D eigenvalue weighted by atomic mass is 10.3. The third-order valence-corrected chi connectivity index (χ3v) is 7.72. The van der Waals surface area contributed by atoms with Gasteiger partial charge in [0, 0.05) is 0 Å². The van der Waals surface area contributed by atoms with Crippen molar-refractivity contribution in [2.24, 2.45) is 0 Å². The number of thiazole rings is 1. The standard InChI is InChI=1S/C22H13N5O2S2/c28-31(29,14-8-2-1-3-9-14)21-19(20-23-16-11-5-7-13-18(16)30-20)27-17-12-6-4-10-15(17)24-22(27)26-25-21/h1-13H. The Morgan fingerprint density at radius 3 is 2.26 bits per heavy atom. The first-order chi connectivity index (χ1) is 15.1. The van der Waals surface area contributed by atoms with Crippen LogP contribution in [0.1, 0.15) is 0 Å². The van der Waals surface area contributed by atoms with Gasteiger partial charge in [-0.15, -0.1) is 21.5 Å². The molecule has 9 heteroatoms. The van der Waals surface area contributed by atoms with Crippen LogP contribution in [0.25, 0.3) is 37.7 Å². The molecule has 0 aliphatic carbocycles. The van der Waals surface area contributed by atoms with E-state index in [0.717, 1.165) is 15.7 Å². The molecule has 150 valence electrons. The molecule has 0 aliphatic rings. The fourth-order valence-corrected chi connectivity index (χ4v) is 5.98. The third kappa shape index (κ3) is 2.74. The van der Waals surface area contributed by atoms with Crippen LogP contribution in [0, 0.1) is 0 Å². The maximum absolute atomic E-state index is 13.6. The van der Waals surface area contributed by atoms with E-state index in [0.29, 0.717) is 22.0 Å². The Bertz CT molecular complexity index is 1670. The summed E-state index contributed by atoms with van der Waals surface area (Å²) in [5.41, 5.74) is 2.60. The van der Waals surface area contributed by atoms with Gasteiger partial charge in [-0.3, -0.25) is 4.40 Å². The third-order valence-electron chi connectivity index (χ3n) is 5.00. The van der Waals surface area contributed by atoms with Crippen LogP contribution in [0.15, 0.2) is 88.8 Å². The molecule has 0 N–H and O–H groups in total. The highest BCUT2D eigenvalue weighted by molar-refractivity contribution is 7.91. The summed E-state index contributed by atoms with van der Waals surface area (Å²) in [6.45, 7) is 0. The number of hydrogen-bond donors (Lipinski definition) is 0. The minimum Gasteiger partial charge on any atom is -0.270 e. The molecule has 0 radical (unpaired) electrons. The average Bonchev–Trinajstić information content (AvgIpc) is 3.40. The van der Waals surface area contributed by atoms with Gasteiger partial charge in [0.2, 0.25) is 14.9 Å². The molecule has 7 nitrogen and oxygen atoms in total. The maximum atomic E-state index is 13.6. The number of aromatic nitrogens is 5. The summed E-state index contributed by atoms with van der Waals surface area (Å²) < 4.78 is 29.9. The second kappa shape index (κ2) is 6.66. The second-order valence-corrected chi connectivity index (χ2v) is 9.79. The molecule has 0 saturated carbocycles. The molecule has 0 unspecified atom stereocenters. The number of sulfone groups is 1. The number of benzene rings is 3. The van der Waals surface area contributed by atoms with Crippen LogP contribution < -0.4 is 0 Å². The summed E-state index contributed by atoms with van der Waals surface area (Å²) in [6, 6.07) is 23.4. The van der Waals surface area contributed by atoms with Crippen molar-refractivity contribution >= 4 is 48.2 Å². The predicted octanol–water partition coefficient (Wildman–Crippen LogP) is 4.39. The zero-order chi connectivity index (χ0) is 21.0. The van der Waals surface area contributed by atoms with Crippen molar-refractivity contribution in [2.75, 3.05) is 0 Å². The molecule has 0 saturated heterocycles. The number of rotatable bonds is 3. The highest BCUT2D eigenvalue weighted by atomic mass is 32.2. The molecule has 6 aromatic rings. The molecular weight excluding hydrogens is 430 g/mol. The van der Waals surface area contributed by atoms with Gasteiger partial charge >= 0.3 is 0 Å². The molecule has 0 bridgehead atoms. The number of imidazole rings is 1. The van der Waals surface area contributed by atoms with Crippen molar-refractivity contribution in [3.63, 3.8) is 0 Å². The number of nitrogens with zero attached hydrogens (tertiary/aromatic N) is 5. The van der Waals surface area contributed by atoms with Crippen molar-refractivity contribution < 1.29 is 8.42 Å². The smallest absolute Gasteiger partial charge is 0.255 e. The summed E-state index contributed by atoms with van der Waals surface area (Å²) in [5.74, 6) is 0.322. The van der Waals surface area contributed by atoms with Gasteiger partial charge in [-0.05, 0) is 36.4 Å². The van der Waals surface area contributed by atoms with Gasteiger partial charge in [0.1, 0.15) is 10.7 Å². The van der Waals surface area contributed by atoms with Gasteiger partial charge in [-0.2, -0.15) is 0 Å². The summed E-state index contributed by atoms with van der Waals surface area (Å²) >= 11 is 1.41. The fourth-order valence-electron chi connectivity index (χ4n) is 3.59. The summed E-state index contributed by atoms with van der Waals surface area (Å²) in [5, 5.41) is 8.69. The Hall–Kier alpha value is -3.69. The minimum absolute atomic E-state index is 0.145. The van der Waals surface area contributed by atoms with E-state index in [4.69, 9.17) is 4.98 Å². The number of para-hydroxylation sites is 3. The van der Waals surface area contributed by atoms with E-state index in [1.165, 1.54) is 11.3 Å². The predicted molar refractivity (Wildman–Crippen MR) is 119 cm³/mol. The topological polar surface area (TPSA) is 90.1 Å². The lowest BCUT2D eigenvalue weighted by molar-refractivity contribution is 0.589. The maximum Gasteiger partial charge on any atom is 0.255 e. The van der Waals surface area contributed by atoms with Crippen LogP contribution in [0.2, 0.25) is 0 Å². The van der Waals surface area contributed by atoms with Gasteiger partial charge in [0.15, 0.2) is 0 Å². The molecule has 0 spiro atoms. The van der Waals surface area contributed by atoms with E-state index in [1.807, 2.05) is 48.5 Å². The van der Waals surface area contributed by atoms with E-state index >= 15 is 0 Å². The molecule has 6 rings (SSSR count). The second-order valence-electron chi connectivity index (χ2n) is 6.89. The van der Waals surface area contributed by atoms with Gasteiger partial charge < -0.3 is 0 Å². The van der Waals surface area contributed by atoms with E-state index in [9.17, 15) is 8.42 Å². The lowest BCUT2D eigenvalue weighted by Gasteiger charge is -2.10. The Morgan fingerprint density at radius 2 is 1.45 bits per heavy atom. The van der Waals surface area contributed by atoms with Crippen LogP contribution in [0.4, 0.5) is 0 Å². The van der Waals surface area contributed by atoms with Gasteiger partial charge in [-0.25, -0.2) is 18.4 Å². The first-order valence-electron chi connectivity index (χ1n) is 9.43. The van der Waals surface area contributed by atoms with Gasteiger partial charge in [-0.1, -0.05) is 42.5 Å². The molecule has 31 heavy (non-hydrogen) atoms. The summed E-state index contributed by atoms with van der Waals surface area (Å²) in [6.07, 6.45) is 0. The van der Waals surface area contributed by atoms with Crippen LogP contribution in [0.5, 0.6) is 0 Å². The summed E-state index contributed by atoms with van der Waals surface area (Å²) in [7, 11) is -3.95. The van der Waals surface area contributed by atoms with Crippen LogP contribution in [0.3, 0.4) is 0 Å². The van der Waals surface area contributed by atoms with Crippen molar-refractivity contribution in [3.05, 3.63) is 78.9 Å². The van der Waals surface area contributed by atoms with Crippen LogP contribution in [-0.4, -0.2) is 33.0 Å². The van der Waals surface area contributed by atoms with Crippen LogP contribution >= 0.6 is 11.3 Å². The molecule has 0 aliphatic heterocycles. The molecular formula is C22H13N5O2S2. The normalized spacial score (nSPS) is 12.1. The highest BCUT2D eigenvalue weighted by Gasteiger charge is 2.29. The summed E-state index contributed by atoms with van der Waals surface area (Å²) in [4.78, 5) is 9.40. The molecule has 3 aromatic heterocycles. The quantitative estimate of drug-likeness (QED) is 0.403. The molecule has 0 amide bonds. The molecule has 3 heterocycles. The van der Waals surface area contributed by atoms with E-state index in [-0.39, 0.29) is 9.92 Å². The van der Waals surface area contributed by atoms with Gasteiger partial charge in [0.25, 0.3) is 5.78 Å². The Labute approximate surface area is 180 Å². The van der Waals surface area contributed by atoms with Crippen LogP contribution in [-0.2, 0) is 9.84 Å². The first-order valence-corrected chi connectivity index (χ1v) is 11.7. The highest BCUT2D eigenvalue weighted by Crippen LogP contribution is 2.36. The zero-order valence-electron chi connectivity index (χ0n) is 15.9. The zero-order valence-corrected chi connectivity index (χ0v) is 17.5. The largest absolute Gasteiger partial charge is 0.270 e. The Balaban J connectivity index is 1.77. The Morgan fingerprint density at radius 1 is 0.742 bits per heavy atom. The molecule has 0 atom stereocenters. The van der Waals surface area contributed by atoms with Crippen molar-refractivity contribution in [2.45, 2.75) is 9.92 Å². The van der Waals surface area contributed by atoms with Gasteiger partial charge in [0.05, 0.1) is 26.1 Å². The minimum atomic E-state index is -3.95. The molecule has 0 fully saturated rings. The average molecular weight is 444 g/mol. The number of hydrogen-bond acceptors (Lipinski definition) is 7. The van der Waals surface area contributed by atoms with Crippen molar-refractivity contribution in [1.82, 2.24) is 24.6 Å². The Kier molecular flexibility index (Phi) is 3.89.